The molecule has 1 aromatic heterocycles. The van der Waals surface area contributed by atoms with Crippen LogP contribution in [-0.2, 0) is 6.42 Å². The van der Waals surface area contributed by atoms with Crippen molar-refractivity contribution in [1.82, 2.24) is 4.98 Å². The zero-order valence-electron chi connectivity index (χ0n) is 9.97. The summed E-state index contributed by atoms with van der Waals surface area (Å²) < 4.78 is 1.10. The van der Waals surface area contributed by atoms with Crippen molar-refractivity contribution in [2.75, 3.05) is 0 Å². The van der Waals surface area contributed by atoms with E-state index in [2.05, 4.69) is 33.4 Å². The van der Waals surface area contributed by atoms with E-state index in [1.165, 1.54) is 10.6 Å². The molecular weight excluding hydrogens is 308 g/mol. The predicted molar refractivity (Wildman–Crippen MR) is 79.7 cm³/mol. The molecule has 0 atom stereocenters. The van der Waals surface area contributed by atoms with Gasteiger partial charge in [0.05, 0.1) is 10.7 Å². The molecule has 18 heavy (non-hydrogen) atoms. The van der Waals surface area contributed by atoms with Crippen molar-refractivity contribution in [1.29, 1.82) is 0 Å². The van der Waals surface area contributed by atoms with E-state index in [9.17, 15) is 0 Å². The van der Waals surface area contributed by atoms with Crippen molar-refractivity contribution in [2.45, 2.75) is 25.3 Å². The Bertz CT molecular complexity index is 546. The van der Waals surface area contributed by atoms with Gasteiger partial charge in [-0.25, -0.2) is 4.98 Å². The first-order valence-corrected chi connectivity index (χ1v) is 7.84. The Morgan fingerprint density at radius 1 is 1.33 bits per heavy atom. The monoisotopic (exact) mass is 322 g/mol. The predicted octanol–water partition coefficient (Wildman–Crippen LogP) is 3.85. The number of rotatable bonds is 3. The Labute approximate surface area is 119 Å². The summed E-state index contributed by atoms with van der Waals surface area (Å²) in [5.41, 5.74) is 8.06. The molecule has 0 bridgehead atoms. The second-order valence-electron chi connectivity index (χ2n) is 4.91. The van der Waals surface area contributed by atoms with Gasteiger partial charge in [-0.3, -0.25) is 0 Å². The lowest BCUT2D eigenvalue weighted by molar-refractivity contribution is 0.264. The molecule has 1 aliphatic rings. The summed E-state index contributed by atoms with van der Waals surface area (Å²) in [5, 5.41) is 3.38. The Morgan fingerprint density at radius 2 is 2.11 bits per heavy atom. The van der Waals surface area contributed by atoms with Gasteiger partial charge in [-0.2, -0.15) is 0 Å². The highest BCUT2D eigenvalue weighted by Crippen LogP contribution is 2.33. The minimum absolute atomic E-state index is 0.428. The van der Waals surface area contributed by atoms with Crippen LogP contribution in [0.25, 0.3) is 11.3 Å². The lowest BCUT2D eigenvalue weighted by atomic mass is 9.79. The molecule has 1 heterocycles. The number of aromatic nitrogens is 1. The molecule has 2 N–H and O–H groups in total. The Hall–Kier alpha value is -0.710. The Morgan fingerprint density at radius 3 is 2.83 bits per heavy atom. The van der Waals surface area contributed by atoms with Gasteiger partial charge in [0.2, 0.25) is 0 Å². The Balaban J connectivity index is 1.75. The highest BCUT2D eigenvalue weighted by atomic mass is 79.9. The van der Waals surface area contributed by atoms with Crippen LogP contribution in [0.4, 0.5) is 0 Å². The van der Waals surface area contributed by atoms with Crippen molar-refractivity contribution in [3.63, 3.8) is 0 Å². The zero-order chi connectivity index (χ0) is 12.5. The maximum Gasteiger partial charge on any atom is 0.0935 e. The van der Waals surface area contributed by atoms with E-state index in [0.29, 0.717) is 6.04 Å². The van der Waals surface area contributed by atoms with Crippen LogP contribution < -0.4 is 5.73 Å². The van der Waals surface area contributed by atoms with E-state index in [1.807, 2.05) is 12.1 Å². The number of thiazole rings is 1. The maximum absolute atomic E-state index is 5.82. The number of hydrogen-bond donors (Lipinski definition) is 1. The van der Waals surface area contributed by atoms with Crippen LogP contribution in [0.15, 0.2) is 34.1 Å². The van der Waals surface area contributed by atoms with Gasteiger partial charge in [0.25, 0.3) is 0 Å². The third-order valence-electron chi connectivity index (χ3n) is 3.44. The number of halogens is 1. The summed E-state index contributed by atoms with van der Waals surface area (Å²) in [5.74, 6) is 0.748. The number of nitrogens with zero attached hydrogens (tertiary/aromatic N) is 1. The summed E-state index contributed by atoms with van der Waals surface area (Å²) >= 11 is 5.33. The molecule has 3 rings (SSSR count). The minimum atomic E-state index is 0.428. The molecule has 0 saturated heterocycles. The van der Waals surface area contributed by atoms with E-state index in [4.69, 9.17) is 10.7 Å². The van der Waals surface area contributed by atoms with Crippen LogP contribution in [0.3, 0.4) is 0 Å². The summed E-state index contributed by atoms with van der Waals surface area (Å²) in [4.78, 5) is 4.74. The largest absolute Gasteiger partial charge is 0.328 e. The van der Waals surface area contributed by atoms with E-state index in [1.54, 1.807) is 11.3 Å². The molecule has 0 spiro atoms. The lowest BCUT2D eigenvalue weighted by Gasteiger charge is -2.31. The summed E-state index contributed by atoms with van der Waals surface area (Å²) in [6, 6.07) is 8.65. The summed E-state index contributed by atoms with van der Waals surface area (Å²) in [6.07, 6.45) is 3.40. The first kappa shape index (κ1) is 12.3. The topological polar surface area (TPSA) is 38.9 Å². The molecule has 1 fully saturated rings. The van der Waals surface area contributed by atoms with Crippen LogP contribution in [-0.4, -0.2) is 11.0 Å². The SMILES string of the molecule is NC1CC(Cc2nc(-c3ccccc3Br)cs2)C1. The average Bonchev–Trinajstić information content (AvgIpc) is 2.76. The van der Waals surface area contributed by atoms with E-state index < -0.39 is 0 Å². The van der Waals surface area contributed by atoms with Crippen LogP contribution in [0, 0.1) is 5.92 Å². The number of nitrogens with two attached hydrogens (primary N) is 1. The highest BCUT2D eigenvalue weighted by Gasteiger charge is 2.26. The van der Waals surface area contributed by atoms with Gasteiger partial charge in [-0.05, 0) is 24.8 Å². The second kappa shape index (κ2) is 5.11. The molecule has 1 aromatic carbocycles. The molecule has 2 aromatic rings. The smallest absolute Gasteiger partial charge is 0.0935 e. The fourth-order valence-corrected chi connectivity index (χ4v) is 3.80. The molecule has 0 amide bonds. The molecule has 4 heteroatoms. The van der Waals surface area contributed by atoms with Crippen LogP contribution in [0.2, 0.25) is 0 Å². The van der Waals surface area contributed by atoms with Gasteiger partial charge in [-0.15, -0.1) is 11.3 Å². The first-order chi connectivity index (χ1) is 8.72. The van der Waals surface area contributed by atoms with Gasteiger partial charge in [0.15, 0.2) is 0 Å². The van der Waals surface area contributed by atoms with Crippen molar-refractivity contribution in [3.05, 3.63) is 39.1 Å². The average molecular weight is 323 g/mol. The summed E-state index contributed by atoms with van der Waals surface area (Å²) in [7, 11) is 0. The minimum Gasteiger partial charge on any atom is -0.328 e. The van der Waals surface area contributed by atoms with Gasteiger partial charge < -0.3 is 5.73 Å². The molecule has 94 valence electrons. The standard InChI is InChI=1S/C14H15BrN2S/c15-12-4-2-1-3-11(12)13-8-18-14(17-13)7-9-5-10(16)6-9/h1-4,8-10H,5-7,16H2. The van der Waals surface area contributed by atoms with Crippen LogP contribution in [0.5, 0.6) is 0 Å². The van der Waals surface area contributed by atoms with Crippen LogP contribution in [0.1, 0.15) is 17.8 Å². The van der Waals surface area contributed by atoms with Crippen molar-refractivity contribution < 1.29 is 0 Å². The van der Waals surface area contributed by atoms with Crippen molar-refractivity contribution >= 4 is 27.3 Å². The van der Waals surface area contributed by atoms with Gasteiger partial charge in [0, 0.05) is 27.9 Å². The normalized spacial score (nSPS) is 22.8. The van der Waals surface area contributed by atoms with Crippen molar-refractivity contribution in [3.8, 4) is 11.3 Å². The molecule has 1 aliphatic carbocycles. The van der Waals surface area contributed by atoms with Gasteiger partial charge in [-0.1, -0.05) is 34.1 Å². The molecule has 0 radical (unpaired) electrons. The fourth-order valence-electron chi connectivity index (χ4n) is 2.40. The Kier molecular flexibility index (Phi) is 3.50. The molecule has 1 saturated carbocycles. The van der Waals surface area contributed by atoms with Crippen LogP contribution >= 0.6 is 27.3 Å². The third-order valence-corrected chi connectivity index (χ3v) is 5.00. The molecule has 2 nitrogen and oxygen atoms in total. The number of benzene rings is 1. The molecule has 0 aliphatic heterocycles. The van der Waals surface area contributed by atoms with E-state index in [0.717, 1.165) is 35.3 Å². The van der Waals surface area contributed by atoms with Gasteiger partial charge in [0.1, 0.15) is 0 Å². The third kappa shape index (κ3) is 2.51. The van der Waals surface area contributed by atoms with E-state index >= 15 is 0 Å². The fraction of sp³-hybridized carbons (Fsp3) is 0.357. The first-order valence-electron chi connectivity index (χ1n) is 6.17. The summed E-state index contributed by atoms with van der Waals surface area (Å²) in [6.45, 7) is 0. The van der Waals surface area contributed by atoms with Gasteiger partial charge >= 0.3 is 0 Å². The lowest BCUT2D eigenvalue weighted by Crippen LogP contribution is -2.37. The second-order valence-corrected chi connectivity index (χ2v) is 6.70. The quantitative estimate of drug-likeness (QED) is 0.932. The molecular formula is C14H15BrN2S. The number of hydrogen-bond acceptors (Lipinski definition) is 3. The van der Waals surface area contributed by atoms with Crippen molar-refractivity contribution in [2.24, 2.45) is 11.7 Å². The zero-order valence-corrected chi connectivity index (χ0v) is 12.4. The maximum atomic E-state index is 5.82. The highest BCUT2D eigenvalue weighted by molar-refractivity contribution is 9.10. The molecule has 0 unspecified atom stereocenters. The van der Waals surface area contributed by atoms with E-state index in [-0.39, 0.29) is 0 Å².